The number of unbranched alkanes of at least 4 members (excludes halogenated alkanes) is 41. The lowest BCUT2D eigenvalue weighted by molar-refractivity contribution is -0.143. The van der Waals surface area contributed by atoms with Crippen LogP contribution in [-0.2, 0) is 14.3 Å². The monoisotopic (exact) mass is 984 g/mol. The molecule has 0 aliphatic heterocycles. The molecule has 0 heterocycles. The van der Waals surface area contributed by atoms with Gasteiger partial charge in [0.15, 0.2) is 0 Å². The number of nitrogens with one attached hydrogen (secondary N) is 1. The summed E-state index contributed by atoms with van der Waals surface area (Å²) in [5.74, 6) is -0.0540. The van der Waals surface area contributed by atoms with Crippen molar-refractivity contribution in [3.05, 3.63) is 36.5 Å². The van der Waals surface area contributed by atoms with Gasteiger partial charge in [-0.25, -0.2) is 0 Å². The minimum absolute atomic E-state index is 0.00878. The molecule has 0 aromatic rings. The summed E-state index contributed by atoms with van der Waals surface area (Å²) in [5, 5.41) is 23.3. The molecule has 0 aromatic heterocycles. The Balaban J connectivity index is 3.45. The predicted octanol–water partition coefficient (Wildman–Crippen LogP) is 19.6. The number of ether oxygens (including phenoxy) is 1. The van der Waals surface area contributed by atoms with Crippen LogP contribution >= 0.6 is 0 Å². The zero-order chi connectivity index (χ0) is 50.7. The van der Waals surface area contributed by atoms with Crippen molar-refractivity contribution in [2.45, 2.75) is 347 Å². The van der Waals surface area contributed by atoms with Crippen LogP contribution in [0.25, 0.3) is 0 Å². The molecule has 0 rings (SSSR count). The second kappa shape index (κ2) is 59.6. The van der Waals surface area contributed by atoms with Gasteiger partial charge in [-0.3, -0.25) is 9.59 Å². The Morgan fingerprint density at radius 1 is 0.400 bits per heavy atom. The first-order valence-corrected chi connectivity index (χ1v) is 31.2. The summed E-state index contributed by atoms with van der Waals surface area (Å²) < 4.78 is 5.48. The molecule has 0 saturated heterocycles. The third-order valence-electron chi connectivity index (χ3n) is 14.4. The van der Waals surface area contributed by atoms with Gasteiger partial charge in [0.05, 0.1) is 25.4 Å². The third kappa shape index (κ3) is 55.4. The zero-order valence-corrected chi connectivity index (χ0v) is 47.0. The molecule has 70 heavy (non-hydrogen) atoms. The Morgan fingerprint density at radius 2 is 0.714 bits per heavy atom. The van der Waals surface area contributed by atoms with E-state index in [2.05, 4.69) is 55.6 Å². The van der Waals surface area contributed by atoms with Crippen LogP contribution in [-0.4, -0.2) is 47.4 Å². The molecular weight excluding hydrogens is 863 g/mol. The van der Waals surface area contributed by atoms with E-state index in [0.29, 0.717) is 25.9 Å². The second-order valence-corrected chi connectivity index (χ2v) is 21.4. The van der Waals surface area contributed by atoms with E-state index in [1.54, 1.807) is 0 Å². The number of amides is 1. The molecule has 0 bridgehead atoms. The van der Waals surface area contributed by atoms with Gasteiger partial charge in [0, 0.05) is 12.8 Å². The fourth-order valence-corrected chi connectivity index (χ4v) is 9.61. The lowest BCUT2D eigenvalue weighted by Gasteiger charge is -2.22. The van der Waals surface area contributed by atoms with E-state index in [4.69, 9.17) is 4.74 Å². The van der Waals surface area contributed by atoms with Gasteiger partial charge in [0.1, 0.15) is 0 Å². The Kier molecular flexibility index (Phi) is 58.0. The molecule has 0 saturated carbocycles. The van der Waals surface area contributed by atoms with E-state index < -0.39 is 12.1 Å². The number of aliphatic hydroxyl groups is 2. The van der Waals surface area contributed by atoms with Crippen molar-refractivity contribution in [2.24, 2.45) is 0 Å². The Bertz CT molecular complexity index is 1130. The largest absolute Gasteiger partial charge is 0.466 e. The van der Waals surface area contributed by atoms with Crippen molar-refractivity contribution in [1.82, 2.24) is 5.32 Å². The Morgan fingerprint density at radius 3 is 1.11 bits per heavy atom. The maximum Gasteiger partial charge on any atom is 0.305 e. The molecule has 0 aromatic carbocycles. The van der Waals surface area contributed by atoms with Crippen LogP contribution in [0, 0.1) is 0 Å². The van der Waals surface area contributed by atoms with Crippen molar-refractivity contribution in [1.29, 1.82) is 0 Å². The van der Waals surface area contributed by atoms with Crippen LogP contribution in [0.5, 0.6) is 0 Å². The SMILES string of the molecule is CCCCCC/C=C\C/C=C\CCCCCCCCCC(=O)OCCCCCCCC/C=C\CCCCCCCCCC(=O)NC(CO)C(O)CCCCCCCCCCCCCCCCCCCC. The lowest BCUT2D eigenvalue weighted by Crippen LogP contribution is -2.45. The highest BCUT2D eigenvalue weighted by Gasteiger charge is 2.20. The molecule has 1 amide bonds. The number of allylic oxidation sites excluding steroid dienone is 6. The fourth-order valence-electron chi connectivity index (χ4n) is 9.61. The molecule has 6 nitrogen and oxygen atoms in total. The first-order valence-electron chi connectivity index (χ1n) is 31.2. The number of rotatable bonds is 58. The van der Waals surface area contributed by atoms with E-state index in [9.17, 15) is 19.8 Å². The molecule has 0 radical (unpaired) electrons. The summed E-state index contributed by atoms with van der Waals surface area (Å²) in [7, 11) is 0. The summed E-state index contributed by atoms with van der Waals surface area (Å²) in [6.07, 6.45) is 74.3. The van der Waals surface area contributed by atoms with Crippen LogP contribution in [0.1, 0.15) is 335 Å². The minimum Gasteiger partial charge on any atom is -0.466 e. The van der Waals surface area contributed by atoms with Gasteiger partial charge in [-0.15, -0.1) is 0 Å². The van der Waals surface area contributed by atoms with Crippen molar-refractivity contribution in [3.8, 4) is 0 Å². The third-order valence-corrected chi connectivity index (χ3v) is 14.4. The van der Waals surface area contributed by atoms with Gasteiger partial charge in [0.25, 0.3) is 0 Å². The summed E-state index contributed by atoms with van der Waals surface area (Å²) in [6, 6.07) is -0.552. The second-order valence-electron chi connectivity index (χ2n) is 21.4. The summed E-state index contributed by atoms with van der Waals surface area (Å²) in [5.41, 5.74) is 0. The number of carbonyl (C=O) groups excluding carboxylic acids is 2. The van der Waals surface area contributed by atoms with Gasteiger partial charge in [-0.2, -0.15) is 0 Å². The average Bonchev–Trinajstić information content (AvgIpc) is 3.36. The standard InChI is InChI=1S/C64H121NO5/c1-3-5-7-9-11-13-15-17-19-21-24-28-32-36-40-44-48-52-56-62(67)61(60-66)65-63(68)57-53-49-45-41-37-33-29-25-23-27-31-35-39-43-47-51-55-59-70-64(69)58-54-50-46-42-38-34-30-26-22-20-18-16-14-12-10-8-6-4-2/h14,16,20,22-23,27,61-62,66-67H,3-13,15,17-19,21,24-26,28-60H2,1-2H3,(H,65,68)/b16-14-,22-20-,27-23-. The molecule has 2 atom stereocenters. The van der Waals surface area contributed by atoms with Crippen LogP contribution < -0.4 is 5.32 Å². The molecule has 0 spiro atoms. The van der Waals surface area contributed by atoms with E-state index in [1.165, 1.54) is 238 Å². The molecular formula is C64H121NO5. The molecule has 6 heteroatoms. The Labute approximate surface area is 436 Å². The van der Waals surface area contributed by atoms with E-state index in [1.807, 2.05) is 0 Å². The molecule has 0 aliphatic rings. The minimum atomic E-state index is -0.673. The highest BCUT2D eigenvalue weighted by molar-refractivity contribution is 5.76. The summed E-state index contributed by atoms with van der Waals surface area (Å²) >= 11 is 0. The summed E-state index contributed by atoms with van der Waals surface area (Å²) in [6.45, 7) is 4.93. The molecule has 412 valence electrons. The number of aliphatic hydroxyl groups excluding tert-OH is 2. The van der Waals surface area contributed by atoms with Gasteiger partial charge in [-0.1, -0.05) is 275 Å². The van der Waals surface area contributed by atoms with Crippen LogP contribution in [0.2, 0.25) is 0 Å². The first kappa shape index (κ1) is 68.1. The maximum absolute atomic E-state index is 12.5. The van der Waals surface area contributed by atoms with Gasteiger partial charge >= 0.3 is 5.97 Å². The number of hydrogen-bond donors (Lipinski definition) is 3. The number of hydrogen-bond acceptors (Lipinski definition) is 5. The van der Waals surface area contributed by atoms with Gasteiger partial charge in [0.2, 0.25) is 5.91 Å². The fraction of sp³-hybridized carbons (Fsp3) is 0.875. The quantitative estimate of drug-likeness (QED) is 0.0321. The smallest absolute Gasteiger partial charge is 0.305 e. The van der Waals surface area contributed by atoms with Gasteiger partial charge in [-0.05, 0) is 83.5 Å². The van der Waals surface area contributed by atoms with Crippen molar-refractivity contribution in [3.63, 3.8) is 0 Å². The van der Waals surface area contributed by atoms with Crippen LogP contribution in [0.3, 0.4) is 0 Å². The van der Waals surface area contributed by atoms with E-state index in [-0.39, 0.29) is 18.5 Å². The van der Waals surface area contributed by atoms with Crippen molar-refractivity contribution >= 4 is 11.9 Å². The normalized spacial score (nSPS) is 12.8. The molecule has 2 unspecified atom stereocenters. The van der Waals surface area contributed by atoms with Crippen LogP contribution in [0.15, 0.2) is 36.5 Å². The predicted molar refractivity (Wildman–Crippen MR) is 306 cm³/mol. The highest BCUT2D eigenvalue weighted by Crippen LogP contribution is 2.17. The average molecular weight is 985 g/mol. The van der Waals surface area contributed by atoms with Crippen molar-refractivity contribution in [2.75, 3.05) is 13.2 Å². The zero-order valence-electron chi connectivity index (χ0n) is 47.0. The summed E-state index contributed by atoms with van der Waals surface area (Å²) in [4.78, 5) is 24.6. The molecule has 3 N–H and O–H groups in total. The Hall–Kier alpha value is -1.92. The lowest BCUT2D eigenvalue weighted by atomic mass is 10.0. The molecule has 0 fully saturated rings. The van der Waals surface area contributed by atoms with Crippen LogP contribution in [0.4, 0.5) is 0 Å². The highest BCUT2D eigenvalue weighted by atomic mass is 16.5. The number of carbonyl (C=O) groups is 2. The maximum atomic E-state index is 12.5. The first-order chi connectivity index (χ1) is 34.5. The number of esters is 1. The topological polar surface area (TPSA) is 95.9 Å². The van der Waals surface area contributed by atoms with Gasteiger partial charge < -0.3 is 20.3 Å². The van der Waals surface area contributed by atoms with E-state index in [0.717, 1.165) is 64.2 Å². The van der Waals surface area contributed by atoms with E-state index >= 15 is 0 Å². The molecule has 0 aliphatic carbocycles. The van der Waals surface area contributed by atoms with Crippen molar-refractivity contribution < 1.29 is 24.5 Å².